The second kappa shape index (κ2) is 4.78. The quantitative estimate of drug-likeness (QED) is 0.933. The van der Waals surface area contributed by atoms with Crippen LogP contribution in [-0.4, -0.2) is 15.6 Å². The average Bonchev–Trinajstić information content (AvgIpc) is 2.94. The summed E-state index contributed by atoms with van der Waals surface area (Å²) in [5.74, 6) is -0.786. The minimum Gasteiger partial charge on any atom is -0.477 e. The maximum absolute atomic E-state index is 12.9. The highest BCUT2D eigenvalue weighted by atomic mass is 19.1. The van der Waals surface area contributed by atoms with Crippen molar-refractivity contribution in [3.05, 3.63) is 58.7 Å². The average molecular weight is 273 g/mol. The fourth-order valence-electron chi connectivity index (χ4n) is 3.12. The molecule has 1 aliphatic rings. The molecule has 3 rings (SSSR count). The van der Waals surface area contributed by atoms with Crippen LogP contribution < -0.4 is 0 Å². The predicted octanol–water partition coefficient (Wildman–Crippen LogP) is 3.13. The van der Waals surface area contributed by atoms with Crippen molar-refractivity contribution in [2.24, 2.45) is 7.05 Å². The van der Waals surface area contributed by atoms with Crippen LogP contribution >= 0.6 is 0 Å². The molecule has 3 nitrogen and oxygen atoms in total. The summed E-state index contributed by atoms with van der Waals surface area (Å²) in [6.07, 6.45) is 2.76. The number of hydrogen-bond acceptors (Lipinski definition) is 1. The van der Waals surface area contributed by atoms with Crippen LogP contribution in [0.25, 0.3) is 0 Å². The summed E-state index contributed by atoms with van der Waals surface area (Å²) in [4.78, 5) is 11.2. The van der Waals surface area contributed by atoms with Gasteiger partial charge in [-0.05, 0) is 54.5 Å². The number of aromatic carboxylic acids is 1. The molecule has 0 radical (unpaired) electrons. The van der Waals surface area contributed by atoms with Gasteiger partial charge in [-0.1, -0.05) is 12.1 Å². The first-order valence-corrected chi connectivity index (χ1v) is 6.72. The van der Waals surface area contributed by atoms with Crippen LogP contribution in [0.2, 0.25) is 0 Å². The Labute approximate surface area is 116 Å². The lowest BCUT2D eigenvalue weighted by molar-refractivity contribution is 0.0686. The molecular formula is C16H16FNO2. The maximum atomic E-state index is 12.9. The first kappa shape index (κ1) is 12.9. The number of nitrogens with zero attached hydrogens (tertiary/aromatic N) is 1. The van der Waals surface area contributed by atoms with Gasteiger partial charge < -0.3 is 9.67 Å². The van der Waals surface area contributed by atoms with Gasteiger partial charge in [0.15, 0.2) is 0 Å². The van der Waals surface area contributed by atoms with Crippen LogP contribution in [-0.2, 0) is 19.9 Å². The Morgan fingerprint density at radius 3 is 2.75 bits per heavy atom. The molecule has 104 valence electrons. The van der Waals surface area contributed by atoms with Gasteiger partial charge in [0.05, 0.1) is 0 Å². The summed E-state index contributed by atoms with van der Waals surface area (Å²) in [6.45, 7) is 0. The van der Waals surface area contributed by atoms with Crippen LogP contribution in [0.15, 0.2) is 30.3 Å². The minimum atomic E-state index is -0.887. The van der Waals surface area contributed by atoms with Gasteiger partial charge in [0, 0.05) is 12.7 Å². The number of rotatable bonds is 3. The van der Waals surface area contributed by atoms with E-state index >= 15 is 0 Å². The van der Waals surface area contributed by atoms with Gasteiger partial charge >= 0.3 is 5.97 Å². The normalized spacial score (nSPS) is 17.2. The zero-order chi connectivity index (χ0) is 14.3. The lowest BCUT2D eigenvalue weighted by Gasteiger charge is -2.09. The molecule has 0 bridgehead atoms. The van der Waals surface area contributed by atoms with Crippen LogP contribution in [0, 0.1) is 5.82 Å². The Bertz CT molecular complexity index is 658. The van der Waals surface area contributed by atoms with E-state index in [1.165, 1.54) is 12.1 Å². The first-order chi connectivity index (χ1) is 9.56. The van der Waals surface area contributed by atoms with Gasteiger partial charge in [0.2, 0.25) is 0 Å². The molecule has 0 aliphatic heterocycles. The van der Waals surface area contributed by atoms with Crippen molar-refractivity contribution in [3.63, 3.8) is 0 Å². The number of aromatic nitrogens is 1. The van der Waals surface area contributed by atoms with Gasteiger partial charge in [-0.2, -0.15) is 0 Å². The molecule has 4 heteroatoms. The molecule has 0 saturated heterocycles. The molecule has 20 heavy (non-hydrogen) atoms. The molecule has 0 spiro atoms. The van der Waals surface area contributed by atoms with E-state index in [1.54, 1.807) is 22.8 Å². The van der Waals surface area contributed by atoms with E-state index in [0.29, 0.717) is 11.6 Å². The van der Waals surface area contributed by atoms with Crippen LogP contribution in [0.5, 0.6) is 0 Å². The van der Waals surface area contributed by atoms with Crippen molar-refractivity contribution in [2.45, 2.75) is 25.2 Å². The highest BCUT2D eigenvalue weighted by Crippen LogP contribution is 2.37. The lowest BCUT2D eigenvalue weighted by Crippen LogP contribution is -2.06. The first-order valence-electron chi connectivity index (χ1n) is 6.72. The van der Waals surface area contributed by atoms with E-state index in [1.807, 2.05) is 7.05 Å². The van der Waals surface area contributed by atoms with E-state index in [0.717, 1.165) is 36.1 Å². The molecule has 2 aromatic rings. The topological polar surface area (TPSA) is 42.2 Å². The molecule has 1 unspecified atom stereocenters. The molecule has 1 atom stereocenters. The summed E-state index contributed by atoms with van der Waals surface area (Å²) >= 11 is 0. The lowest BCUT2D eigenvalue weighted by atomic mass is 9.94. The highest BCUT2D eigenvalue weighted by molar-refractivity contribution is 5.86. The van der Waals surface area contributed by atoms with Crippen molar-refractivity contribution in [1.82, 2.24) is 4.57 Å². The summed E-state index contributed by atoms with van der Waals surface area (Å²) in [5.41, 5.74) is 3.69. The van der Waals surface area contributed by atoms with E-state index in [2.05, 4.69) is 0 Å². The van der Waals surface area contributed by atoms with Gasteiger partial charge in [-0.25, -0.2) is 9.18 Å². The fourth-order valence-corrected chi connectivity index (χ4v) is 3.12. The molecule has 1 aromatic carbocycles. The second-order valence-electron chi connectivity index (χ2n) is 5.36. The second-order valence-corrected chi connectivity index (χ2v) is 5.36. The standard InChI is InChI=1S/C16H16FNO2/c1-18-14-7-4-11(13(14)9-15(18)16(19)20)8-10-2-5-12(17)6-3-10/h2-3,5-6,9,11H,4,7-8H2,1H3,(H,19,20). The largest absolute Gasteiger partial charge is 0.477 e. The summed E-state index contributed by atoms with van der Waals surface area (Å²) in [6, 6.07) is 8.33. The molecule has 1 aromatic heterocycles. The highest BCUT2D eigenvalue weighted by Gasteiger charge is 2.28. The number of halogens is 1. The van der Waals surface area contributed by atoms with E-state index in [9.17, 15) is 9.18 Å². The summed E-state index contributed by atoms with van der Waals surface area (Å²) < 4.78 is 14.7. The van der Waals surface area contributed by atoms with Gasteiger partial charge in [-0.15, -0.1) is 0 Å². The SMILES string of the molecule is Cn1c(C(=O)O)cc2c1CCC2Cc1ccc(F)cc1. The van der Waals surface area contributed by atoms with Gasteiger partial charge in [-0.3, -0.25) is 0 Å². The number of carboxylic acid groups (broad SMARTS) is 1. The molecular weight excluding hydrogens is 257 g/mol. The maximum Gasteiger partial charge on any atom is 0.352 e. The Hall–Kier alpha value is -2.10. The molecule has 1 heterocycles. The predicted molar refractivity (Wildman–Crippen MR) is 73.5 cm³/mol. The van der Waals surface area contributed by atoms with Crippen LogP contribution in [0.1, 0.15) is 39.6 Å². The summed E-state index contributed by atoms with van der Waals surface area (Å²) in [5, 5.41) is 9.17. The van der Waals surface area contributed by atoms with Crippen LogP contribution in [0.3, 0.4) is 0 Å². The number of benzene rings is 1. The minimum absolute atomic E-state index is 0.228. The number of carbonyl (C=O) groups is 1. The Kier molecular flexibility index (Phi) is 3.08. The number of carboxylic acids is 1. The zero-order valence-electron chi connectivity index (χ0n) is 11.3. The molecule has 0 fully saturated rings. The monoisotopic (exact) mass is 273 g/mol. The Morgan fingerprint density at radius 2 is 2.10 bits per heavy atom. The third-order valence-corrected chi connectivity index (χ3v) is 4.18. The van der Waals surface area contributed by atoms with E-state index in [-0.39, 0.29) is 5.82 Å². The smallest absolute Gasteiger partial charge is 0.352 e. The number of hydrogen-bond donors (Lipinski definition) is 1. The van der Waals surface area contributed by atoms with Crippen molar-refractivity contribution >= 4 is 5.97 Å². The van der Waals surface area contributed by atoms with Crippen molar-refractivity contribution < 1.29 is 14.3 Å². The van der Waals surface area contributed by atoms with Crippen molar-refractivity contribution in [2.75, 3.05) is 0 Å². The van der Waals surface area contributed by atoms with E-state index < -0.39 is 5.97 Å². The third-order valence-electron chi connectivity index (χ3n) is 4.18. The Balaban J connectivity index is 1.87. The van der Waals surface area contributed by atoms with Crippen molar-refractivity contribution in [1.29, 1.82) is 0 Å². The van der Waals surface area contributed by atoms with E-state index in [4.69, 9.17) is 5.11 Å². The van der Waals surface area contributed by atoms with Gasteiger partial charge in [0.1, 0.15) is 11.5 Å². The Morgan fingerprint density at radius 1 is 1.40 bits per heavy atom. The summed E-state index contributed by atoms with van der Waals surface area (Å²) in [7, 11) is 1.81. The third kappa shape index (κ3) is 2.11. The molecule has 0 saturated carbocycles. The van der Waals surface area contributed by atoms with Crippen molar-refractivity contribution in [3.8, 4) is 0 Å². The molecule has 0 amide bonds. The zero-order valence-corrected chi connectivity index (χ0v) is 11.3. The molecule has 1 aliphatic carbocycles. The number of fused-ring (bicyclic) bond motifs is 1. The molecule has 1 N–H and O–H groups in total. The fraction of sp³-hybridized carbons (Fsp3) is 0.312. The van der Waals surface area contributed by atoms with Crippen LogP contribution in [0.4, 0.5) is 4.39 Å². The van der Waals surface area contributed by atoms with Gasteiger partial charge in [0.25, 0.3) is 0 Å².